The average Bonchev–Trinajstić information content (AvgIpc) is 3.41. The highest BCUT2D eigenvalue weighted by Crippen LogP contribution is 2.29. The number of methoxy groups -OCH3 is 1. The summed E-state index contributed by atoms with van der Waals surface area (Å²) in [6.45, 7) is 0.517. The minimum absolute atomic E-state index is 0.124. The van der Waals surface area contributed by atoms with Crippen molar-refractivity contribution in [2.45, 2.75) is 17.1 Å². The standard InChI is InChI=1S/C20H20N2O5S2/c1-27-20(24)16-13-22(17-8-3-2-7-15(16)17)19(23)14-6-4-10-21(12-14)29(25,26)18-9-5-11-28-18/h2-3,5,7-9,11,13-14H,4,6,10,12H2,1H3/t14-/m1/s1. The van der Waals surface area contributed by atoms with Crippen LogP contribution in [0.25, 0.3) is 10.9 Å². The molecule has 1 aromatic carbocycles. The number of hydrogen-bond donors (Lipinski definition) is 0. The summed E-state index contributed by atoms with van der Waals surface area (Å²) in [7, 11) is -2.31. The van der Waals surface area contributed by atoms with Gasteiger partial charge in [0.1, 0.15) is 4.21 Å². The van der Waals surface area contributed by atoms with Crippen LogP contribution in [0.1, 0.15) is 28.0 Å². The number of aromatic nitrogens is 1. The molecule has 1 atom stereocenters. The Balaban J connectivity index is 1.66. The van der Waals surface area contributed by atoms with Gasteiger partial charge in [-0.05, 0) is 30.4 Å². The van der Waals surface area contributed by atoms with E-state index in [0.29, 0.717) is 35.9 Å². The van der Waals surface area contributed by atoms with Gasteiger partial charge in [-0.3, -0.25) is 9.36 Å². The SMILES string of the molecule is COC(=O)c1cn(C(=O)[C@@H]2CCCN(S(=O)(=O)c3cccs3)C2)c2ccccc12. The van der Waals surface area contributed by atoms with E-state index < -0.39 is 21.9 Å². The molecule has 0 aliphatic carbocycles. The number of para-hydroxylation sites is 1. The topological polar surface area (TPSA) is 85.7 Å². The molecule has 29 heavy (non-hydrogen) atoms. The zero-order valence-corrected chi connectivity index (χ0v) is 17.4. The summed E-state index contributed by atoms with van der Waals surface area (Å²) in [6.07, 6.45) is 2.69. The van der Waals surface area contributed by atoms with E-state index in [1.165, 1.54) is 33.5 Å². The first-order chi connectivity index (χ1) is 13.9. The first-order valence-corrected chi connectivity index (χ1v) is 11.5. The second-order valence-corrected chi connectivity index (χ2v) is 10.0. The molecular formula is C20H20N2O5S2. The molecular weight excluding hydrogens is 412 g/mol. The molecule has 9 heteroatoms. The number of carbonyl (C=O) groups excluding carboxylic acids is 2. The highest BCUT2D eigenvalue weighted by Gasteiger charge is 2.35. The van der Waals surface area contributed by atoms with Gasteiger partial charge in [0, 0.05) is 24.7 Å². The molecule has 4 rings (SSSR count). The monoisotopic (exact) mass is 432 g/mol. The molecule has 0 bridgehead atoms. The number of thiophene rings is 1. The van der Waals surface area contributed by atoms with Crippen molar-refractivity contribution in [1.29, 1.82) is 0 Å². The Hall–Kier alpha value is -2.49. The van der Waals surface area contributed by atoms with Crippen LogP contribution in [0.4, 0.5) is 0 Å². The van der Waals surface area contributed by atoms with Gasteiger partial charge in [0.05, 0.1) is 24.1 Å². The lowest BCUT2D eigenvalue weighted by atomic mass is 9.98. The lowest BCUT2D eigenvalue weighted by Gasteiger charge is -2.30. The molecule has 2 aromatic heterocycles. The van der Waals surface area contributed by atoms with Gasteiger partial charge in [-0.2, -0.15) is 4.31 Å². The van der Waals surface area contributed by atoms with Crippen LogP contribution in [-0.2, 0) is 14.8 Å². The minimum Gasteiger partial charge on any atom is -0.465 e. The summed E-state index contributed by atoms with van der Waals surface area (Å²) in [5.41, 5.74) is 0.923. The van der Waals surface area contributed by atoms with Crippen LogP contribution >= 0.6 is 11.3 Å². The number of hydrogen-bond acceptors (Lipinski definition) is 6. The Morgan fingerprint density at radius 2 is 1.97 bits per heavy atom. The third-order valence-electron chi connectivity index (χ3n) is 5.18. The van der Waals surface area contributed by atoms with Crippen LogP contribution in [0.2, 0.25) is 0 Å². The van der Waals surface area contributed by atoms with E-state index in [4.69, 9.17) is 4.74 Å². The highest BCUT2D eigenvalue weighted by atomic mass is 32.2. The summed E-state index contributed by atoms with van der Waals surface area (Å²) in [5, 5.41) is 2.35. The van der Waals surface area contributed by atoms with Crippen LogP contribution in [0.3, 0.4) is 0 Å². The average molecular weight is 433 g/mol. The zero-order valence-electron chi connectivity index (χ0n) is 15.8. The number of sulfonamides is 1. The molecule has 0 radical (unpaired) electrons. The molecule has 0 unspecified atom stereocenters. The predicted octanol–water partition coefficient (Wildman–Crippen LogP) is 3.23. The molecule has 7 nitrogen and oxygen atoms in total. The van der Waals surface area contributed by atoms with Gasteiger partial charge in [-0.25, -0.2) is 13.2 Å². The Kier molecular flexibility index (Phi) is 5.28. The molecule has 152 valence electrons. The smallest absolute Gasteiger partial charge is 0.340 e. The van der Waals surface area contributed by atoms with E-state index in [2.05, 4.69) is 0 Å². The van der Waals surface area contributed by atoms with Crippen LogP contribution in [0.5, 0.6) is 0 Å². The Labute approximate surface area is 172 Å². The molecule has 1 aliphatic rings. The maximum absolute atomic E-state index is 13.3. The van der Waals surface area contributed by atoms with Gasteiger partial charge in [0.2, 0.25) is 5.91 Å². The Morgan fingerprint density at radius 1 is 1.17 bits per heavy atom. The quantitative estimate of drug-likeness (QED) is 0.591. The van der Waals surface area contributed by atoms with Crippen molar-refractivity contribution in [1.82, 2.24) is 8.87 Å². The van der Waals surface area contributed by atoms with E-state index >= 15 is 0 Å². The number of nitrogens with zero attached hydrogens (tertiary/aromatic N) is 2. The van der Waals surface area contributed by atoms with Crippen molar-refractivity contribution in [2.24, 2.45) is 5.92 Å². The summed E-state index contributed by atoms with van der Waals surface area (Å²) in [5.74, 6) is -1.22. The van der Waals surface area contributed by atoms with Gasteiger partial charge in [0.25, 0.3) is 10.0 Å². The van der Waals surface area contributed by atoms with Gasteiger partial charge in [0.15, 0.2) is 0 Å². The van der Waals surface area contributed by atoms with Crippen molar-refractivity contribution >= 4 is 44.1 Å². The fraction of sp³-hybridized carbons (Fsp3) is 0.300. The number of ether oxygens (including phenoxy) is 1. The molecule has 0 saturated carbocycles. The zero-order chi connectivity index (χ0) is 20.6. The van der Waals surface area contributed by atoms with Gasteiger partial charge >= 0.3 is 5.97 Å². The highest BCUT2D eigenvalue weighted by molar-refractivity contribution is 7.91. The Bertz CT molecular complexity index is 1160. The maximum atomic E-state index is 13.3. The van der Waals surface area contributed by atoms with Crippen molar-refractivity contribution in [3.05, 3.63) is 53.5 Å². The van der Waals surface area contributed by atoms with E-state index in [-0.39, 0.29) is 16.7 Å². The van der Waals surface area contributed by atoms with E-state index in [0.717, 1.165) is 0 Å². The van der Waals surface area contributed by atoms with Crippen molar-refractivity contribution in [3.63, 3.8) is 0 Å². The third-order valence-corrected chi connectivity index (χ3v) is 8.42. The number of rotatable bonds is 4. The predicted molar refractivity (Wildman–Crippen MR) is 110 cm³/mol. The normalized spacial score (nSPS) is 18.0. The number of carbonyl (C=O) groups is 2. The first-order valence-electron chi connectivity index (χ1n) is 9.19. The molecule has 0 amide bonds. The van der Waals surface area contributed by atoms with Gasteiger partial charge in [-0.1, -0.05) is 24.3 Å². The number of fused-ring (bicyclic) bond motifs is 1. The molecule has 0 spiro atoms. The van der Waals surface area contributed by atoms with Crippen molar-refractivity contribution < 1.29 is 22.7 Å². The third kappa shape index (κ3) is 3.50. The fourth-order valence-electron chi connectivity index (χ4n) is 3.73. The molecule has 1 saturated heterocycles. The van der Waals surface area contributed by atoms with Crippen LogP contribution in [0.15, 0.2) is 52.2 Å². The largest absolute Gasteiger partial charge is 0.465 e. The second kappa shape index (κ2) is 7.74. The molecule has 0 N–H and O–H groups in total. The minimum atomic E-state index is -3.61. The van der Waals surface area contributed by atoms with E-state index in [1.54, 1.807) is 41.8 Å². The van der Waals surface area contributed by atoms with Crippen LogP contribution < -0.4 is 0 Å². The summed E-state index contributed by atoms with van der Waals surface area (Å²) in [4.78, 5) is 25.4. The molecule has 1 fully saturated rings. The van der Waals surface area contributed by atoms with Gasteiger partial charge in [-0.15, -0.1) is 11.3 Å². The number of piperidine rings is 1. The summed E-state index contributed by atoms with van der Waals surface area (Å²) >= 11 is 1.17. The number of esters is 1. The Morgan fingerprint density at radius 3 is 2.69 bits per heavy atom. The van der Waals surface area contributed by atoms with Crippen molar-refractivity contribution in [3.8, 4) is 0 Å². The van der Waals surface area contributed by atoms with E-state index in [9.17, 15) is 18.0 Å². The molecule has 1 aliphatic heterocycles. The lowest BCUT2D eigenvalue weighted by molar-refractivity contribution is 0.0603. The lowest BCUT2D eigenvalue weighted by Crippen LogP contribution is -2.43. The first kappa shape index (κ1) is 19.8. The fourth-order valence-corrected chi connectivity index (χ4v) is 6.40. The molecule has 3 heterocycles. The van der Waals surface area contributed by atoms with Crippen molar-refractivity contribution in [2.75, 3.05) is 20.2 Å². The summed E-state index contributed by atoms with van der Waals surface area (Å²) in [6, 6.07) is 10.4. The van der Waals surface area contributed by atoms with Crippen LogP contribution in [-0.4, -0.2) is 49.4 Å². The molecule has 3 aromatic rings. The van der Waals surface area contributed by atoms with Crippen LogP contribution in [0, 0.1) is 5.92 Å². The second-order valence-electron chi connectivity index (χ2n) is 6.89. The summed E-state index contributed by atoms with van der Waals surface area (Å²) < 4.78 is 33.7. The number of benzene rings is 1. The maximum Gasteiger partial charge on any atom is 0.340 e. The van der Waals surface area contributed by atoms with E-state index in [1.807, 2.05) is 0 Å². The van der Waals surface area contributed by atoms with Gasteiger partial charge < -0.3 is 4.74 Å².